The van der Waals surface area contributed by atoms with Crippen molar-refractivity contribution in [2.75, 3.05) is 24.4 Å². The van der Waals surface area contributed by atoms with Crippen molar-refractivity contribution < 1.29 is 14.3 Å². The van der Waals surface area contributed by atoms with E-state index in [2.05, 4.69) is 20.6 Å². The van der Waals surface area contributed by atoms with E-state index >= 15 is 0 Å². The summed E-state index contributed by atoms with van der Waals surface area (Å²) in [7, 11) is 1.61. The van der Waals surface area contributed by atoms with Gasteiger partial charge in [0.1, 0.15) is 5.65 Å². The number of nitrogens with one attached hydrogen (secondary N) is 3. The van der Waals surface area contributed by atoms with E-state index in [9.17, 15) is 9.59 Å². The van der Waals surface area contributed by atoms with Gasteiger partial charge in [0.15, 0.2) is 5.78 Å². The summed E-state index contributed by atoms with van der Waals surface area (Å²) in [6.07, 6.45) is 3.70. The molecule has 2 heterocycles. The largest absolute Gasteiger partial charge is 0.383 e. The van der Waals surface area contributed by atoms with Crippen LogP contribution in [0.3, 0.4) is 0 Å². The van der Waals surface area contributed by atoms with Crippen LogP contribution < -0.4 is 10.6 Å². The van der Waals surface area contributed by atoms with Crippen LogP contribution in [-0.4, -0.2) is 41.9 Å². The molecule has 3 N–H and O–H groups in total. The fourth-order valence-corrected chi connectivity index (χ4v) is 3.41. The van der Waals surface area contributed by atoms with Crippen LogP contribution >= 0.6 is 11.6 Å². The number of ketones is 1. The minimum atomic E-state index is -0.233. The highest BCUT2D eigenvalue weighted by Gasteiger charge is 2.22. The van der Waals surface area contributed by atoms with E-state index in [0.717, 1.165) is 5.56 Å². The smallest absolute Gasteiger partial charge is 0.211 e. The van der Waals surface area contributed by atoms with Gasteiger partial charge >= 0.3 is 0 Å². The number of hydrogen-bond acceptors (Lipinski definition) is 5. The van der Waals surface area contributed by atoms with E-state index < -0.39 is 0 Å². The number of aromatic nitrogens is 2. The van der Waals surface area contributed by atoms with E-state index in [4.69, 9.17) is 16.3 Å². The molecule has 0 spiro atoms. The maximum Gasteiger partial charge on any atom is 0.211 e. The van der Waals surface area contributed by atoms with Gasteiger partial charge in [-0.3, -0.25) is 9.59 Å². The Hall–Kier alpha value is -2.90. The summed E-state index contributed by atoms with van der Waals surface area (Å²) >= 11 is 6.30. The standard InChI is InChI=1S/C20H21ClN4O3/c1-11-4-5-13(15(21)6-11)19(27)14-7-22-20-17(14)18(25-12(2)9-28-3)16(8-23-20)24-10-26/h4-8,10,12H,9H2,1-3H3,(H,24,26)(H2,22,23,25). The molecule has 0 saturated heterocycles. The number of aryl methyl sites for hydroxylation is 1. The molecule has 0 aliphatic rings. The summed E-state index contributed by atoms with van der Waals surface area (Å²) in [5, 5.41) is 6.90. The second-order valence-electron chi connectivity index (χ2n) is 6.55. The molecular weight excluding hydrogens is 380 g/mol. The van der Waals surface area contributed by atoms with Gasteiger partial charge in [0.2, 0.25) is 6.41 Å². The second kappa shape index (κ2) is 8.41. The number of benzene rings is 1. The highest BCUT2D eigenvalue weighted by atomic mass is 35.5. The van der Waals surface area contributed by atoms with Crippen molar-refractivity contribution in [1.29, 1.82) is 0 Å². The molecule has 0 aliphatic heterocycles. The number of methoxy groups -OCH3 is 1. The summed E-state index contributed by atoms with van der Waals surface area (Å²) in [6.45, 7) is 4.29. The Morgan fingerprint density at radius 2 is 2.18 bits per heavy atom. The highest BCUT2D eigenvalue weighted by Crippen LogP contribution is 2.34. The van der Waals surface area contributed by atoms with Crippen LogP contribution in [0.15, 0.2) is 30.6 Å². The lowest BCUT2D eigenvalue weighted by Gasteiger charge is -2.18. The average Bonchev–Trinajstić information content (AvgIpc) is 3.08. The zero-order chi connectivity index (χ0) is 20.3. The van der Waals surface area contributed by atoms with Gasteiger partial charge in [-0.05, 0) is 31.5 Å². The van der Waals surface area contributed by atoms with Crippen LogP contribution in [0.25, 0.3) is 11.0 Å². The number of hydrogen-bond donors (Lipinski definition) is 3. The Kier molecular flexibility index (Phi) is 5.96. The van der Waals surface area contributed by atoms with Crippen LogP contribution in [-0.2, 0) is 9.53 Å². The number of carbonyl (C=O) groups excluding carboxylic acids is 2. The lowest BCUT2D eigenvalue weighted by molar-refractivity contribution is -0.105. The number of ether oxygens (including phenoxy) is 1. The summed E-state index contributed by atoms with van der Waals surface area (Å²) in [5.41, 5.74) is 3.36. The van der Waals surface area contributed by atoms with Crippen molar-refractivity contribution in [2.45, 2.75) is 19.9 Å². The van der Waals surface area contributed by atoms with Crippen molar-refractivity contribution in [3.05, 3.63) is 52.3 Å². The summed E-state index contributed by atoms with van der Waals surface area (Å²) in [5.74, 6) is -0.233. The lowest BCUT2D eigenvalue weighted by Crippen LogP contribution is -2.22. The first-order chi connectivity index (χ1) is 13.5. The van der Waals surface area contributed by atoms with E-state index in [1.807, 2.05) is 19.9 Å². The van der Waals surface area contributed by atoms with Gasteiger partial charge in [-0.25, -0.2) is 4.98 Å². The molecular formula is C20H21ClN4O3. The Balaban J connectivity index is 2.16. The van der Waals surface area contributed by atoms with Crippen molar-refractivity contribution in [1.82, 2.24) is 9.97 Å². The minimum Gasteiger partial charge on any atom is -0.383 e. The molecule has 146 valence electrons. The zero-order valence-corrected chi connectivity index (χ0v) is 16.6. The van der Waals surface area contributed by atoms with E-state index in [-0.39, 0.29) is 11.8 Å². The Morgan fingerprint density at radius 3 is 2.86 bits per heavy atom. The average molecular weight is 401 g/mol. The number of carbonyl (C=O) groups is 2. The number of pyridine rings is 1. The molecule has 0 fully saturated rings. The molecule has 3 aromatic rings. The molecule has 8 heteroatoms. The summed E-state index contributed by atoms with van der Waals surface area (Å²) in [6, 6.07) is 5.23. The molecule has 1 atom stereocenters. The fraction of sp³-hybridized carbons (Fsp3) is 0.250. The van der Waals surface area contributed by atoms with Gasteiger partial charge in [-0.2, -0.15) is 0 Å². The third-order valence-corrected chi connectivity index (χ3v) is 4.65. The highest BCUT2D eigenvalue weighted by molar-refractivity contribution is 6.35. The monoisotopic (exact) mass is 400 g/mol. The van der Waals surface area contributed by atoms with Crippen molar-refractivity contribution in [2.24, 2.45) is 0 Å². The normalized spacial score (nSPS) is 12.0. The number of aromatic amines is 1. The zero-order valence-electron chi connectivity index (χ0n) is 15.8. The topological polar surface area (TPSA) is 96.1 Å². The molecule has 2 aromatic heterocycles. The molecule has 0 aliphatic carbocycles. The first kappa shape index (κ1) is 19.9. The second-order valence-corrected chi connectivity index (χ2v) is 6.96. The van der Waals surface area contributed by atoms with Crippen LogP contribution in [0, 0.1) is 6.92 Å². The Morgan fingerprint density at radius 1 is 1.39 bits per heavy atom. The number of nitrogens with zero attached hydrogens (tertiary/aromatic N) is 1. The van der Waals surface area contributed by atoms with Gasteiger partial charge in [-0.1, -0.05) is 17.7 Å². The van der Waals surface area contributed by atoms with Crippen molar-refractivity contribution in [3.63, 3.8) is 0 Å². The molecule has 0 bridgehead atoms. The van der Waals surface area contributed by atoms with Gasteiger partial charge in [0, 0.05) is 24.9 Å². The lowest BCUT2D eigenvalue weighted by atomic mass is 10.0. The number of H-pyrrole nitrogens is 1. The predicted octanol–water partition coefficient (Wildman–Crippen LogP) is 3.77. The van der Waals surface area contributed by atoms with Crippen LogP contribution in [0.5, 0.6) is 0 Å². The number of fused-ring (bicyclic) bond motifs is 1. The quantitative estimate of drug-likeness (QED) is 0.395. The maximum absolute atomic E-state index is 13.2. The first-order valence-corrected chi connectivity index (χ1v) is 9.10. The van der Waals surface area contributed by atoms with Crippen molar-refractivity contribution in [3.8, 4) is 0 Å². The molecule has 7 nitrogen and oxygen atoms in total. The summed E-state index contributed by atoms with van der Waals surface area (Å²) < 4.78 is 5.18. The third kappa shape index (κ3) is 3.85. The van der Waals surface area contributed by atoms with E-state index in [0.29, 0.717) is 51.6 Å². The molecule has 1 unspecified atom stereocenters. The number of rotatable bonds is 8. The first-order valence-electron chi connectivity index (χ1n) is 8.72. The van der Waals surface area contributed by atoms with Crippen molar-refractivity contribution >= 4 is 46.2 Å². The fourth-order valence-electron chi connectivity index (χ4n) is 3.08. The van der Waals surface area contributed by atoms with Gasteiger partial charge < -0.3 is 20.4 Å². The minimum absolute atomic E-state index is 0.0661. The van der Waals surface area contributed by atoms with Gasteiger partial charge in [0.05, 0.1) is 40.2 Å². The molecule has 1 amide bonds. The third-order valence-electron chi connectivity index (χ3n) is 4.34. The molecule has 1 aromatic carbocycles. The SMILES string of the molecule is COCC(C)Nc1c(NC=O)cnc2[nH]cc(C(=O)c3ccc(C)cc3Cl)c12. The molecule has 0 radical (unpaired) electrons. The van der Waals surface area contributed by atoms with E-state index in [1.165, 1.54) is 6.20 Å². The van der Waals surface area contributed by atoms with Crippen LogP contribution in [0.2, 0.25) is 5.02 Å². The maximum atomic E-state index is 13.2. The number of halogens is 1. The van der Waals surface area contributed by atoms with Gasteiger partial charge in [0.25, 0.3) is 0 Å². The molecule has 3 rings (SSSR count). The van der Waals surface area contributed by atoms with E-state index in [1.54, 1.807) is 25.4 Å². The van der Waals surface area contributed by atoms with Gasteiger partial charge in [-0.15, -0.1) is 0 Å². The van der Waals surface area contributed by atoms with Crippen LogP contribution in [0.4, 0.5) is 11.4 Å². The number of anilines is 2. The Bertz CT molecular complexity index is 1030. The molecule has 28 heavy (non-hydrogen) atoms. The number of amides is 1. The Labute approximate surface area is 167 Å². The molecule has 0 saturated carbocycles. The summed E-state index contributed by atoms with van der Waals surface area (Å²) in [4.78, 5) is 31.6. The predicted molar refractivity (Wildman–Crippen MR) is 110 cm³/mol. The van der Waals surface area contributed by atoms with Crippen LogP contribution in [0.1, 0.15) is 28.4 Å².